The van der Waals surface area contributed by atoms with E-state index in [0.29, 0.717) is 61.7 Å². The van der Waals surface area contributed by atoms with Crippen LogP contribution in [-0.4, -0.2) is 77.9 Å². The Bertz CT molecular complexity index is 1330. The first-order chi connectivity index (χ1) is 18.5. The zero-order valence-electron chi connectivity index (χ0n) is 21.2. The van der Waals surface area contributed by atoms with Gasteiger partial charge in [0.1, 0.15) is 17.5 Å². The molecule has 1 N–H and O–H groups in total. The highest BCUT2D eigenvalue weighted by molar-refractivity contribution is 5.99. The van der Waals surface area contributed by atoms with Crippen molar-refractivity contribution in [3.05, 3.63) is 59.3 Å². The molecule has 3 aliphatic heterocycles. The topological polar surface area (TPSA) is 82.0 Å². The molecule has 10 heteroatoms. The molecule has 6 rings (SSSR count). The van der Waals surface area contributed by atoms with Crippen LogP contribution in [0.2, 0.25) is 0 Å². The van der Waals surface area contributed by atoms with Crippen molar-refractivity contribution in [3.63, 3.8) is 0 Å². The smallest absolute Gasteiger partial charge is 0.254 e. The molecule has 4 heterocycles. The van der Waals surface area contributed by atoms with Gasteiger partial charge in [-0.2, -0.15) is 0 Å². The van der Waals surface area contributed by atoms with Crippen LogP contribution in [-0.2, 0) is 4.74 Å². The molecule has 0 bridgehead atoms. The minimum Gasteiger partial charge on any atom is -0.394 e. The van der Waals surface area contributed by atoms with Crippen LogP contribution in [0.5, 0.6) is 0 Å². The third-order valence-corrected chi connectivity index (χ3v) is 7.89. The monoisotopic (exact) mass is 523 g/mol. The summed E-state index contributed by atoms with van der Waals surface area (Å²) in [7, 11) is 0. The van der Waals surface area contributed by atoms with Gasteiger partial charge >= 0.3 is 0 Å². The SMILES string of the molecule is O=C(c1cc(C2CCCN2c2cc(F)cc(F)c2)c2nc(N3CCOCC3)cnc2c1)N1CCC[C@H]1CO. The number of amides is 1. The predicted octanol–water partition coefficient (Wildman–Crippen LogP) is 3.68. The Morgan fingerprint density at radius 2 is 1.76 bits per heavy atom. The molecule has 3 aliphatic rings. The van der Waals surface area contributed by atoms with Crippen LogP contribution < -0.4 is 9.80 Å². The van der Waals surface area contributed by atoms with Gasteiger partial charge in [0.2, 0.25) is 0 Å². The number of carbonyl (C=O) groups is 1. The van der Waals surface area contributed by atoms with Crippen molar-refractivity contribution in [2.24, 2.45) is 0 Å². The molecule has 200 valence electrons. The molecule has 1 aromatic heterocycles. The number of likely N-dealkylation sites (tertiary alicyclic amines) is 1. The van der Waals surface area contributed by atoms with Crippen molar-refractivity contribution in [2.75, 3.05) is 55.8 Å². The Morgan fingerprint density at radius 3 is 2.53 bits per heavy atom. The summed E-state index contributed by atoms with van der Waals surface area (Å²) in [6.07, 6.45) is 4.93. The fourth-order valence-corrected chi connectivity index (χ4v) is 6.02. The Labute approximate surface area is 219 Å². The zero-order chi connectivity index (χ0) is 26.2. The minimum absolute atomic E-state index is 0.0730. The van der Waals surface area contributed by atoms with Gasteiger partial charge in [0, 0.05) is 49.1 Å². The summed E-state index contributed by atoms with van der Waals surface area (Å²) in [6, 6.07) is 6.78. The number of halogens is 2. The number of carbonyl (C=O) groups excluding carboxylic acids is 1. The minimum atomic E-state index is -0.627. The summed E-state index contributed by atoms with van der Waals surface area (Å²) in [5.74, 6) is -0.664. The van der Waals surface area contributed by atoms with E-state index in [4.69, 9.17) is 14.7 Å². The second-order valence-corrected chi connectivity index (χ2v) is 10.2. The summed E-state index contributed by atoms with van der Waals surface area (Å²) in [6.45, 7) is 3.80. The number of rotatable bonds is 5. The van der Waals surface area contributed by atoms with Gasteiger partial charge < -0.3 is 24.5 Å². The second kappa shape index (κ2) is 10.4. The van der Waals surface area contributed by atoms with Crippen LogP contribution in [0, 0.1) is 11.6 Å². The Balaban J connectivity index is 1.46. The number of fused-ring (bicyclic) bond motifs is 1. The van der Waals surface area contributed by atoms with Gasteiger partial charge in [-0.1, -0.05) is 0 Å². The van der Waals surface area contributed by atoms with Crippen molar-refractivity contribution in [1.29, 1.82) is 0 Å². The first kappa shape index (κ1) is 24.9. The largest absolute Gasteiger partial charge is 0.394 e. The van der Waals surface area contributed by atoms with E-state index in [1.807, 2.05) is 11.0 Å². The van der Waals surface area contributed by atoms with Gasteiger partial charge in [-0.25, -0.2) is 13.8 Å². The van der Waals surface area contributed by atoms with Gasteiger partial charge in [-0.05, 0) is 49.9 Å². The highest BCUT2D eigenvalue weighted by Crippen LogP contribution is 2.40. The van der Waals surface area contributed by atoms with Crippen molar-refractivity contribution in [1.82, 2.24) is 14.9 Å². The Kier molecular flexibility index (Phi) is 6.84. The molecule has 3 saturated heterocycles. The predicted molar refractivity (Wildman–Crippen MR) is 139 cm³/mol. The summed E-state index contributed by atoms with van der Waals surface area (Å²) < 4.78 is 33.8. The van der Waals surface area contributed by atoms with Crippen LogP contribution in [0.1, 0.15) is 47.6 Å². The molecule has 8 nitrogen and oxygen atoms in total. The molecule has 0 spiro atoms. The Morgan fingerprint density at radius 1 is 1.00 bits per heavy atom. The quantitative estimate of drug-likeness (QED) is 0.546. The van der Waals surface area contributed by atoms with Crippen molar-refractivity contribution in [3.8, 4) is 0 Å². The van der Waals surface area contributed by atoms with E-state index in [1.54, 1.807) is 17.2 Å². The van der Waals surface area contributed by atoms with Gasteiger partial charge in [0.15, 0.2) is 0 Å². The first-order valence-corrected chi connectivity index (χ1v) is 13.3. The van der Waals surface area contributed by atoms with Gasteiger partial charge in [-0.15, -0.1) is 0 Å². The lowest BCUT2D eigenvalue weighted by Gasteiger charge is -2.30. The van der Waals surface area contributed by atoms with Crippen molar-refractivity contribution < 1.29 is 23.4 Å². The molecule has 0 aliphatic carbocycles. The maximum absolute atomic E-state index is 14.2. The number of aliphatic hydroxyl groups excluding tert-OH is 1. The number of aliphatic hydroxyl groups is 1. The van der Waals surface area contributed by atoms with E-state index >= 15 is 0 Å². The second-order valence-electron chi connectivity index (χ2n) is 10.2. The van der Waals surface area contributed by atoms with Crippen molar-refractivity contribution >= 4 is 28.4 Å². The maximum atomic E-state index is 14.2. The molecule has 1 unspecified atom stereocenters. The molecule has 0 saturated carbocycles. The molecule has 1 amide bonds. The Hall–Kier alpha value is -3.37. The summed E-state index contributed by atoms with van der Waals surface area (Å²) in [5.41, 5.74) is 3.04. The average molecular weight is 524 g/mol. The van der Waals surface area contributed by atoms with E-state index in [1.165, 1.54) is 12.1 Å². The molecule has 0 radical (unpaired) electrons. The van der Waals surface area contributed by atoms with Crippen LogP contribution in [0.3, 0.4) is 0 Å². The molecule has 3 aromatic rings. The van der Waals surface area contributed by atoms with E-state index in [0.717, 1.165) is 43.1 Å². The van der Waals surface area contributed by atoms with Gasteiger partial charge in [0.25, 0.3) is 5.91 Å². The normalized spacial score (nSPS) is 22.0. The van der Waals surface area contributed by atoms with Crippen LogP contribution in [0.15, 0.2) is 36.5 Å². The number of hydrogen-bond acceptors (Lipinski definition) is 7. The van der Waals surface area contributed by atoms with E-state index in [2.05, 4.69) is 4.90 Å². The van der Waals surface area contributed by atoms with Gasteiger partial charge in [-0.3, -0.25) is 9.78 Å². The molecule has 38 heavy (non-hydrogen) atoms. The first-order valence-electron chi connectivity index (χ1n) is 13.3. The molecule has 3 fully saturated rings. The van der Waals surface area contributed by atoms with E-state index in [9.17, 15) is 18.7 Å². The van der Waals surface area contributed by atoms with Crippen LogP contribution >= 0.6 is 0 Å². The number of benzene rings is 2. The fraction of sp³-hybridized carbons (Fsp3) is 0.464. The highest BCUT2D eigenvalue weighted by atomic mass is 19.1. The summed E-state index contributed by atoms with van der Waals surface area (Å²) in [4.78, 5) is 29.2. The molecular weight excluding hydrogens is 492 g/mol. The van der Waals surface area contributed by atoms with Crippen LogP contribution in [0.4, 0.5) is 20.3 Å². The highest BCUT2D eigenvalue weighted by Gasteiger charge is 2.33. The number of aromatic nitrogens is 2. The lowest BCUT2D eigenvalue weighted by molar-refractivity contribution is 0.0677. The number of morpholine rings is 1. The van der Waals surface area contributed by atoms with Gasteiger partial charge in [0.05, 0.1) is 49.1 Å². The third kappa shape index (κ3) is 4.67. The van der Waals surface area contributed by atoms with Crippen molar-refractivity contribution in [2.45, 2.75) is 37.8 Å². The molecule has 2 aromatic carbocycles. The standard InChI is InChI=1S/C28H31F2N5O3/c29-19-13-20(30)15-22(14-19)34-5-2-4-25(34)23-11-18(28(37)35-6-1-3-21(35)17-36)12-24-27(23)32-26(16-31-24)33-7-9-38-10-8-33/h11-16,21,25,36H,1-10,17H2/t21-,25?/m0/s1. The number of ether oxygens (including phenoxy) is 1. The zero-order valence-corrected chi connectivity index (χ0v) is 21.2. The third-order valence-electron chi connectivity index (χ3n) is 7.89. The summed E-state index contributed by atoms with van der Waals surface area (Å²) >= 11 is 0. The average Bonchev–Trinajstić information content (AvgIpc) is 3.62. The number of hydrogen-bond donors (Lipinski definition) is 1. The van der Waals surface area contributed by atoms with E-state index in [-0.39, 0.29) is 24.6 Å². The number of nitrogens with zero attached hydrogens (tertiary/aromatic N) is 5. The lowest BCUT2D eigenvalue weighted by Crippen LogP contribution is -2.38. The maximum Gasteiger partial charge on any atom is 0.254 e. The summed E-state index contributed by atoms with van der Waals surface area (Å²) in [5, 5.41) is 9.79. The van der Waals surface area contributed by atoms with E-state index < -0.39 is 11.6 Å². The fourth-order valence-electron chi connectivity index (χ4n) is 6.02. The molecular formula is C28H31F2N5O3. The lowest BCUT2D eigenvalue weighted by atomic mass is 9.98. The molecule has 2 atom stereocenters. The van der Waals surface area contributed by atoms with Crippen LogP contribution in [0.25, 0.3) is 11.0 Å². The number of anilines is 2.